The highest BCUT2D eigenvalue weighted by Crippen LogP contribution is 1.97. The lowest BCUT2D eigenvalue weighted by Gasteiger charge is -2.17. The second-order valence-electron chi connectivity index (χ2n) is 4.53. The molecule has 0 saturated carbocycles. The Morgan fingerprint density at radius 3 is 1.83 bits per heavy atom. The number of aliphatic hydroxyl groups excluding tert-OH is 3. The van der Waals surface area contributed by atoms with Crippen LogP contribution < -0.4 is 5.32 Å². The van der Waals surface area contributed by atoms with Crippen molar-refractivity contribution in [3.05, 3.63) is 12.7 Å². The normalized spacial score (nSPS) is 11.5. The van der Waals surface area contributed by atoms with Gasteiger partial charge in [-0.1, -0.05) is 6.08 Å². The molecule has 6 N–H and O–H groups in total. The highest BCUT2D eigenvalue weighted by Gasteiger charge is 2.16. The predicted molar refractivity (Wildman–Crippen MR) is 84.2 cm³/mol. The lowest BCUT2D eigenvalue weighted by atomic mass is 10.1. The summed E-state index contributed by atoms with van der Waals surface area (Å²) in [6, 6.07) is -0.811. The summed E-state index contributed by atoms with van der Waals surface area (Å²) < 4.78 is 0. The lowest BCUT2D eigenvalue weighted by molar-refractivity contribution is -0.140. The highest BCUT2D eigenvalue weighted by molar-refractivity contribution is 5.75. The van der Waals surface area contributed by atoms with Crippen LogP contribution in [0.5, 0.6) is 0 Å². The van der Waals surface area contributed by atoms with Gasteiger partial charge >= 0.3 is 11.9 Å². The van der Waals surface area contributed by atoms with E-state index in [1.54, 1.807) is 4.90 Å². The molecule has 0 aromatic heterocycles. The Balaban J connectivity index is 0. The average molecular weight is 336 g/mol. The number of rotatable bonds is 13. The van der Waals surface area contributed by atoms with Gasteiger partial charge in [0.15, 0.2) is 0 Å². The zero-order valence-electron chi connectivity index (χ0n) is 13.2. The maximum atomic E-state index is 10.5. The number of nitrogens with zero attached hydrogens (tertiary/aromatic N) is 1. The number of hydrogen-bond donors (Lipinski definition) is 6. The van der Waals surface area contributed by atoms with Gasteiger partial charge in [-0.25, -0.2) is 0 Å². The van der Waals surface area contributed by atoms with E-state index in [0.717, 1.165) is 0 Å². The fraction of sp³-hybridized carbons (Fsp3) is 0.714. The van der Waals surface area contributed by atoms with Gasteiger partial charge in [0, 0.05) is 32.6 Å². The smallest absolute Gasteiger partial charge is 0.320 e. The third kappa shape index (κ3) is 16.7. The topological polar surface area (TPSA) is 151 Å². The molecule has 9 heteroatoms. The number of hydrogen-bond acceptors (Lipinski definition) is 7. The van der Waals surface area contributed by atoms with E-state index in [0.29, 0.717) is 26.2 Å². The minimum absolute atomic E-state index is 0.0694. The summed E-state index contributed by atoms with van der Waals surface area (Å²) in [5.74, 6) is -2.03. The minimum Gasteiger partial charge on any atom is -0.481 e. The van der Waals surface area contributed by atoms with Gasteiger partial charge in [0.1, 0.15) is 6.04 Å². The molecule has 1 unspecified atom stereocenters. The van der Waals surface area contributed by atoms with Crippen LogP contribution in [0.25, 0.3) is 0 Å². The first-order chi connectivity index (χ1) is 10.9. The van der Waals surface area contributed by atoms with Crippen molar-refractivity contribution in [3.63, 3.8) is 0 Å². The van der Waals surface area contributed by atoms with Gasteiger partial charge in [-0.15, -0.1) is 6.58 Å². The van der Waals surface area contributed by atoms with Crippen molar-refractivity contribution >= 4 is 11.9 Å². The van der Waals surface area contributed by atoms with Gasteiger partial charge < -0.3 is 30.8 Å². The molecule has 0 aromatic rings. The third-order valence-electron chi connectivity index (χ3n) is 2.70. The Hall–Kier alpha value is -1.52. The van der Waals surface area contributed by atoms with E-state index in [1.165, 1.54) is 6.08 Å². The molecule has 9 nitrogen and oxygen atoms in total. The number of carboxylic acids is 2. The van der Waals surface area contributed by atoms with Crippen LogP contribution in [0.3, 0.4) is 0 Å². The van der Waals surface area contributed by atoms with Gasteiger partial charge in [-0.05, 0) is 6.42 Å². The highest BCUT2D eigenvalue weighted by atomic mass is 16.4. The van der Waals surface area contributed by atoms with Gasteiger partial charge in [0.05, 0.1) is 19.8 Å². The van der Waals surface area contributed by atoms with E-state index >= 15 is 0 Å². The molecule has 0 heterocycles. The molecule has 0 radical (unpaired) electrons. The summed E-state index contributed by atoms with van der Waals surface area (Å²) in [5.41, 5.74) is 0. The van der Waals surface area contributed by atoms with E-state index in [4.69, 9.17) is 25.5 Å². The molecule has 23 heavy (non-hydrogen) atoms. The summed E-state index contributed by atoms with van der Waals surface area (Å²) in [5, 5.41) is 45.1. The van der Waals surface area contributed by atoms with Crippen LogP contribution in [0.15, 0.2) is 12.7 Å². The molecule has 0 aromatic carbocycles. The molecule has 0 rings (SSSR count). The van der Waals surface area contributed by atoms with Gasteiger partial charge in [-0.2, -0.15) is 0 Å². The zero-order valence-corrected chi connectivity index (χ0v) is 13.2. The number of aliphatic carboxylic acids is 2. The van der Waals surface area contributed by atoms with E-state index in [2.05, 4.69) is 11.9 Å². The molecule has 0 amide bonds. The zero-order chi connectivity index (χ0) is 18.1. The standard InChI is InChI=1S/C8H13NO4.C6H15NO3/c1-2-5-9-6(8(12)13)3-4-7(10)11;8-4-1-7(2-5-9)3-6-10/h2,6,9H,1,3-5H2,(H,10,11)(H,12,13);8-10H,1-6H2. The fourth-order valence-electron chi connectivity index (χ4n) is 1.57. The Bertz CT molecular complexity index is 312. The van der Waals surface area contributed by atoms with Crippen LogP contribution in [-0.4, -0.2) is 94.4 Å². The quantitative estimate of drug-likeness (QED) is 0.217. The van der Waals surface area contributed by atoms with Crippen molar-refractivity contribution in [1.82, 2.24) is 10.2 Å². The molecule has 1 atom stereocenters. The van der Waals surface area contributed by atoms with Crippen molar-refractivity contribution < 1.29 is 35.1 Å². The van der Waals surface area contributed by atoms with Crippen LogP contribution in [-0.2, 0) is 9.59 Å². The molecule has 0 aliphatic carbocycles. The lowest BCUT2D eigenvalue weighted by Crippen LogP contribution is -2.37. The first-order valence-electron chi connectivity index (χ1n) is 7.26. The second-order valence-corrected chi connectivity index (χ2v) is 4.53. The van der Waals surface area contributed by atoms with E-state index < -0.39 is 18.0 Å². The molecule has 0 aliphatic heterocycles. The molecule has 0 spiro atoms. The summed E-state index contributed by atoms with van der Waals surface area (Å²) in [7, 11) is 0. The second kappa shape index (κ2) is 16.8. The van der Waals surface area contributed by atoms with Crippen LogP contribution >= 0.6 is 0 Å². The number of carboxylic acid groups (broad SMARTS) is 2. The van der Waals surface area contributed by atoms with Crippen LogP contribution in [0.1, 0.15) is 12.8 Å². The summed E-state index contributed by atoms with van der Waals surface area (Å²) in [6.07, 6.45) is 1.45. The summed E-state index contributed by atoms with van der Waals surface area (Å²) in [4.78, 5) is 22.5. The Morgan fingerprint density at radius 1 is 1.04 bits per heavy atom. The van der Waals surface area contributed by atoms with Crippen molar-refractivity contribution in [1.29, 1.82) is 0 Å². The van der Waals surface area contributed by atoms with E-state index in [1.807, 2.05) is 0 Å². The van der Waals surface area contributed by atoms with Gasteiger partial charge in [-0.3, -0.25) is 14.5 Å². The Kier molecular flexibility index (Phi) is 17.4. The number of carbonyl (C=O) groups is 2. The largest absolute Gasteiger partial charge is 0.481 e. The van der Waals surface area contributed by atoms with Gasteiger partial charge in [0.2, 0.25) is 0 Å². The average Bonchev–Trinajstić information content (AvgIpc) is 2.48. The number of aliphatic hydroxyl groups is 3. The molecule has 0 aliphatic rings. The molecular formula is C14H28N2O7. The molecule has 136 valence electrons. The molecule has 0 fully saturated rings. The molecule has 0 saturated heterocycles. The van der Waals surface area contributed by atoms with Crippen molar-refractivity contribution in [2.45, 2.75) is 18.9 Å². The Morgan fingerprint density at radius 2 is 1.52 bits per heavy atom. The molecule has 0 bridgehead atoms. The van der Waals surface area contributed by atoms with Gasteiger partial charge in [0.25, 0.3) is 0 Å². The first-order valence-corrected chi connectivity index (χ1v) is 7.26. The Labute approximate surface area is 135 Å². The van der Waals surface area contributed by atoms with Crippen molar-refractivity contribution in [3.8, 4) is 0 Å². The first kappa shape index (κ1) is 23.7. The summed E-state index contributed by atoms with van der Waals surface area (Å²) in [6.45, 7) is 5.53. The summed E-state index contributed by atoms with van der Waals surface area (Å²) >= 11 is 0. The van der Waals surface area contributed by atoms with Crippen LogP contribution in [0, 0.1) is 0 Å². The van der Waals surface area contributed by atoms with Crippen LogP contribution in [0.4, 0.5) is 0 Å². The maximum absolute atomic E-state index is 10.5. The van der Waals surface area contributed by atoms with Crippen LogP contribution in [0.2, 0.25) is 0 Å². The third-order valence-corrected chi connectivity index (χ3v) is 2.70. The minimum atomic E-state index is -1.04. The maximum Gasteiger partial charge on any atom is 0.320 e. The van der Waals surface area contributed by atoms with E-state index in [-0.39, 0.29) is 32.7 Å². The van der Waals surface area contributed by atoms with Crippen molar-refractivity contribution in [2.75, 3.05) is 46.0 Å². The predicted octanol–water partition coefficient (Wildman–Crippen LogP) is -1.65. The monoisotopic (exact) mass is 336 g/mol. The van der Waals surface area contributed by atoms with E-state index in [9.17, 15) is 9.59 Å². The SMILES string of the molecule is C=CCNC(CCC(=O)O)C(=O)O.OCCN(CCO)CCO. The fourth-order valence-corrected chi connectivity index (χ4v) is 1.57. The number of nitrogens with one attached hydrogen (secondary N) is 1. The van der Waals surface area contributed by atoms with Crippen molar-refractivity contribution in [2.24, 2.45) is 0 Å². The molecular weight excluding hydrogens is 308 g/mol.